The Morgan fingerprint density at radius 3 is 2.50 bits per heavy atom. The molecule has 0 atom stereocenters. The van der Waals surface area contributed by atoms with Gasteiger partial charge in [-0.25, -0.2) is 0 Å². The van der Waals surface area contributed by atoms with Crippen molar-refractivity contribution in [3.8, 4) is 0 Å². The topological polar surface area (TPSA) is 58.1 Å². The summed E-state index contributed by atoms with van der Waals surface area (Å²) in [5, 5.41) is 12.2. The normalized spacial score (nSPS) is 15.4. The Hall–Kier alpha value is -1.85. The largest absolute Gasteiger partial charge is 0.339 e. The van der Waals surface area contributed by atoms with Gasteiger partial charge in [-0.3, -0.25) is 4.79 Å². The fraction of sp³-hybridized carbons (Fsp3) is 0.353. The van der Waals surface area contributed by atoms with Crippen LogP contribution in [-0.2, 0) is 0 Å². The Morgan fingerprint density at radius 2 is 1.88 bits per heavy atom. The highest BCUT2D eigenvalue weighted by Crippen LogP contribution is 2.26. The Morgan fingerprint density at radius 1 is 1.12 bits per heavy atom. The number of benzene rings is 1. The average molecular weight is 365 g/mol. The summed E-state index contributed by atoms with van der Waals surface area (Å²) in [6.07, 6.45) is 2.08. The molecule has 1 saturated heterocycles. The van der Waals surface area contributed by atoms with E-state index in [1.165, 1.54) is 0 Å². The van der Waals surface area contributed by atoms with Crippen LogP contribution in [0.1, 0.15) is 30.3 Å². The molecule has 1 amide bonds. The molecule has 2 heterocycles. The van der Waals surface area contributed by atoms with Crippen molar-refractivity contribution in [3.05, 3.63) is 46.1 Å². The monoisotopic (exact) mass is 364 g/mol. The van der Waals surface area contributed by atoms with Crippen molar-refractivity contribution in [2.45, 2.75) is 19.8 Å². The molecule has 0 spiro atoms. The van der Waals surface area contributed by atoms with Crippen molar-refractivity contribution in [3.63, 3.8) is 0 Å². The van der Waals surface area contributed by atoms with Crippen molar-refractivity contribution >= 4 is 40.6 Å². The van der Waals surface area contributed by atoms with E-state index in [1.807, 2.05) is 4.90 Å². The third kappa shape index (κ3) is 3.97. The first-order valence-electron chi connectivity index (χ1n) is 7.88. The van der Waals surface area contributed by atoms with Crippen LogP contribution in [0.25, 0.3) is 0 Å². The molecule has 2 aromatic rings. The summed E-state index contributed by atoms with van der Waals surface area (Å²) >= 11 is 11.9. The molecular formula is C17H18Cl2N4O. The fourth-order valence-electron chi connectivity index (χ4n) is 2.61. The number of hydrogen-bond acceptors (Lipinski definition) is 4. The van der Waals surface area contributed by atoms with E-state index in [0.29, 0.717) is 27.5 Å². The fourth-order valence-corrected chi connectivity index (χ4v) is 2.91. The standard InChI is InChI=1S/C17H18Cl2N4O/c1-11-6-8-23(9-7-11)17(24)15-4-5-16(22-21-15)20-12-2-3-13(18)14(19)10-12/h2-5,10-11H,6-9H2,1H3,(H,20,22). The van der Waals surface area contributed by atoms with Crippen LogP contribution < -0.4 is 5.32 Å². The number of nitrogens with one attached hydrogen (secondary N) is 1. The highest BCUT2D eigenvalue weighted by molar-refractivity contribution is 6.42. The van der Waals surface area contributed by atoms with Gasteiger partial charge in [0, 0.05) is 18.8 Å². The number of halogens is 2. The molecule has 1 aromatic heterocycles. The second kappa shape index (κ2) is 7.36. The first kappa shape index (κ1) is 17.0. The number of anilines is 2. The molecule has 3 rings (SSSR count). The lowest BCUT2D eigenvalue weighted by Gasteiger charge is -2.29. The molecular weight excluding hydrogens is 347 g/mol. The molecule has 1 aliphatic rings. The molecule has 7 heteroatoms. The van der Waals surface area contributed by atoms with Gasteiger partial charge in [-0.05, 0) is 49.1 Å². The van der Waals surface area contributed by atoms with Crippen LogP contribution in [-0.4, -0.2) is 34.1 Å². The molecule has 0 unspecified atom stereocenters. The molecule has 0 saturated carbocycles. The van der Waals surface area contributed by atoms with Crippen molar-refractivity contribution < 1.29 is 4.79 Å². The van der Waals surface area contributed by atoms with Crippen LogP contribution in [0.3, 0.4) is 0 Å². The third-order valence-electron chi connectivity index (χ3n) is 4.15. The van der Waals surface area contributed by atoms with Gasteiger partial charge in [0.25, 0.3) is 5.91 Å². The quantitative estimate of drug-likeness (QED) is 0.876. The first-order valence-corrected chi connectivity index (χ1v) is 8.63. The molecule has 0 bridgehead atoms. The van der Waals surface area contributed by atoms with Gasteiger partial charge in [0.15, 0.2) is 11.5 Å². The summed E-state index contributed by atoms with van der Waals surface area (Å²) in [6, 6.07) is 8.63. The maximum Gasteiger partial charge on any atom is 0.274 e. The number of hydrogen-bond donors (Lipinski definition) is 1. The number of amides is 1. The number of carbonyl (C=O) groups excluding carboxylic acids is 1. The van der Waals surface area contributed by atoms with Gasteiger partial charge >= 0.3 is 0 Å². The average Bonchev–Trinajstić information content (AvgIpc) is 2.59. The lowest BCUT2D eigenvalue weighted by molar-refractivity contribution is 0.0690. The summed E-state index contributed by atoms with van der Waals surface area (Å²) in [4.78, 5) is 14.3. The molecule has 0 radical (unpaired) electrons. The predicted molar refractivity (Wildman–Crippen MR) is 96.1 cm³/mol. The van der Waals surface area contributed by atoms with Crippen LogP contribution in [0, 0.1) is 5.92 Å². The zero-order valence-corrected chi connectivity index (χ0v) is 14.8. The number of likely N-dealkylation sites (tertiary alicyclic amines) is 1. The Balaban J connectivity index is 1.66. The zero-order valence-electron chi connectivity index (χ0n) is 13.3. The Kier molecular flexibility index (Phi) is 5.21. The molecule has 126 valence electrons. The van der Waals surface area contributed by atoms with Gasteiger partial charge in [-0.15, -0.1) is 10.2 Å². The van der Waals surface area contributed by atoms with Gasteiger partial charge in [0.1, 0.15) is 0 Å². The van der Waals surface area contributed by atoms with E-state index in [0.717, 1.165) is 31.6 Å². The van der Waals surface area contributed by atoms with Gasteiger partial charge in [-0.1, -0.05) is 30.1 Å². The summed E-state index contributed by atoms with van der Waals surface area (Å²) < 4.78 is 0. The lowest BCUT2D eigenvalue weighted by Crippen LogP contribution is -2.38. The number of carbonyl (C=O) groups is 1. The van der Waals surface area contributed by atoms with Gasteiger partial charge < -0.3 is 10.2 Å². The third-order valence-corrected chi connectivity index (χ3v) is 4.89. The molecule has 0 aliphatic carbocycles. The number of rotatable bonds is 3. The van der Waals surface area contributed by atoms with E-state index in [-0.39, 0.29) is 5.91 Å². The number of aromatic nitrogens is 2. The first-order chi connectivity index (χ1) is 11.5. The smallest absolute Gasteiger partial charge is 0.274 e. The van der Waals surface area contributed by atoms with Gasteiger partial charge in [-0.2, -0.15) is 0 Å². The van der Waals surface area contributed by atoms with Crippen molar-refractivity contribution in [2.24, 2.45) is 5.92 Å². The van der Waals surface area contributed by atoms with Crippen molar-refractivity contribution in [2.75, 3.05) is 18.4 Å². The van der Waals surface area contributed by atoms with Crippen molar-refractivity contribution in [1.82, 2.24) is 15.1 Å². The molecule has 1 N–H and O–H groups in total. The molecule has 5 nitrogen and oxygen atoms in total. The van der Waals surface area contributed by atoms with E-state index < -0.39 is 0 Å². The predicted octanol–water partition coefficient (Wildman–Crippen LogP) is 4.40. The van der Waals surface area contributed by atoms with E-state index in [1.54, 1.807) is 30.3 Å². The van der Waals surface area contributed by atoms with Crippen LogP contribution in [0.15, 0.2) is 30.3 Å². The summed E-state index contributed by atoms with van der Waals surface area (Å²) in [7, 11) is 0. The lowest BCUT2D eigenvalue weighted by atomic mass is 9.99. The number of nitrogens with zero attached hydrogens (tertiary/aromatic N) is 3. The maximum absolute atomic E-state index is 12.4. The molecule has 1 fully saturated rings. The van der Waals surface area contributed by atoms with Crippen LogP contribution in [0.4, 0.5) is 11.5 Å². The minimum Gasteiger partial charge on any atom is -0.339 e. The second-order valence-corrected chi connectivity index (χ2v) is 6.85. The number of piperidine rings is 1. The van der Waals surface area contributed by atoms with Crippen LogP contribution in [0.2, 0.25) is 10.0 Å². The second-order valence-electron chi connectivity index (χ2n) is 6.03. The SMILES string of the molecule is CC1CCN(C(=O)c2ccc(Nc3ccc(Cl)c(Cl)c3)nn2)CC1. The van der Waals surface area contributed by atoms with Crippen molar-refractivity contribution in [1.29, 1.82) is 0 Å². The minimum absolute atomic E-state index is 0.0597. The molecule has 24 heavy (non-hydrogen) atoms. The van der Waals surface area contributed by atoms with Crippen LogP contribution in [0.5, 0.6) is 0 Å². The summed E-state index contributed by atoms with van der Waals surface area (Å²) in [6.45, 7) is 3.78. The maximum atomic E-state index is 12.4. The highest BCUT2D eigenvalue weighted by atomic mass is 35.5. The minimum atomic E-state index is -0.0597. The van der Waals surface area contributed by atoms with Gasteiger partial charge in [0.05, 0.1) is 10.0 Å². The Bertz CT molecular complexity index is 728. The van der Waals surface area contributed by atoms with Crippen LogP contribution >= 0.6 is 23.2 Å². The summed E-state index contributed by atoms with van der Waals surface area (Å²) in [5.74, 6) is 1.16. The zero-order chi connectivity index (χ0) is 17.1. The van der Waals surface area contributed by atoms with E-state index in [9.17, 15) is 4.79 Å². The van der Waals surface area contributed by atoms with E-state index >= 15 is 0 Å². The molecule has 1 aliphatic heterocycles. The summed E-state index contributed by atoms with van der Waals surface area (Å²) in [5.41, 5.74) is 1.12. The highest BCUT2D eigenvalue weighted by Gasteiger charge is 2.22. The Labute approximate surface area is 151 Å². The molecule has 1 aromatic carbocycles. The van der Waals surface area contributed by atoms with E-state index in [2.05, 4.69) is 22.4 Å². The van der Waals surface area contributed by atoms with E-state index in [4.69, 9.17) is 23.2 Å². The van der Waals surface area contributed by atoms with Gasteiger partial charge in [0.2, 0.25) is 0 Å².